The molecule has 0 heterocycles. The smallest absolute Gasteiger partial charge is 0.222 e. The van der Waals surface area contributed by atoms with Crippen molar-refractivity contribution in [3.05, 3.63) is 59.7 Å². The fraction of sp³-hybridized carbons (Fsp3) is 0.125. The lowest BCUT2D eigenvalue weighted by Gasteiger charge is -2.07. The Morgan fingerprint density at radius 3 is 1.80 bits per heavy atom. The summed E-state index contributed by atoms with van der Waals surface area (Å²) in [5.74, 6) is 0. The number of isocyanates is 2. The van der Waals surface area contributed by atoms with Crippen LogP contribution in [0.4, 0.5) is 0 Å². The third kappa shape index (κ3) is 5.69. The van der Waals surface area contributed by atoms with Crippen molar-refractivity contribution in [3.63, 3.8) is 0 Å². The van der Waals surface area contributed by atoms with Gasteiger partial charge in [-0.3, -0.25) is 0 Å². The van der Waals surface area contributed by atoms with Gasteiger partial charge in [-0.1, -0.05) is 48.5 Å². The Labute approximate surface area is 118 Å². The number of nitrogens with one attached hydrogen (secondary N) is 2. The molecule has 0 bridgehead atoms. The van der Waals surface area contributed by atoms with Crippen molar-refractivity contribution in [1.29, 1.82) is 10.8 Å². The molecule has 0 aromatic heterocycles. The van der Waals surface area contributed by atoms with Gasteiger partial charge >= 0.3 is 0 Å². The molecule has 20 heavy (non-hydrogen) atoms. The summed E-state index contributed by atoms with van der Waals surface area (Å²) < 4.78 is 0. The van der Waals surface area contributed by atoms with Crippen LogP contribution in [0.3, 0.4) is 0 Å². The summed E-state index contributed by atoms with van der Waals surface area (Å²) in [6.45, 7) is 4.33. The zero-order valence-corrected chi connectivity index (χ0v) is 11.4. The molecule has 0 saturated heterocycles. The highest BCUT2D eigenvalue weighted by Gasteiger charge is 2.01. The minimum absolute atomic E-state index is 0.750. The molecule has 2 N–H and O–H groups in total. The molecule has 0 aliphatic rings. The molecule has 0 spiro atoms. The van der Waals surface area contributed by atoms with E-state index in [-0.39, 0.29) is 0 Å². The van der Waals surface area contributed by atoms with Gasteiger partial charge < -0.3 is 0 Å². The van der Waals surface area contributed by atoms with E-state index < -0.39 is 0 Å². The highest BCUT2D eigenvalue weighted by molar-refractivity contribution is 5.68. The summed E-state index contributed by atoms with van der Waals surface area (Å²) in [5, 5.41) is 10.8. The van der Waals surface area contributed by atoms with Gasteiger partial charge in [-0.05, 0) is 36.1 Å². The zero-order valence-electron chi connectivity index (χ0n) is 11.4. The molecule has 102 valence electrons. The van der Waals surface area contributed by atoms with Crippen LogP contribution in [0.1, 0.15) is 11.1 Å². The molecule has 4 nitrogen and oxygen atoms in total. The first-order chi connectivity index (χ1) is 9.62. The van der Waals surface area contributed by atoms with Crippen LogP contribution in [0.15, 0.2) is 48.5 Å². The highest BCUT2D eigenvalue weighted by atomic mass is 16.1. The quantitative estimate of drug-likeness (QED) is 0.609. The van der Waals surface area contributed by atoms with Gasteiger partial charge in [0.15, 0.2) is 0 Å². The van der Waals surface area contributed by atoms with Gasteiger partial charge in [-0.2, -0.15) is 0 Å². The van der Waals surface area contributed by atoms with Crippen LogP contribution < -0.4 is 0 Å². The van der Waals surface area contributed by atoms with Crippen LogP contribution in [-0.4, -0.2) is 12.2 Å². The maximum absolute atomic E-state index is 8.35. The monoisotopic (exact) mass is 268 g/mol. The summed E-state index contributed by atoms with van der Waals surface area (Å²) >= 11 is 0. The Kier molecular flexibility index (Phi) is 8.73. The summed E-state index contributed by atoms with van der Waals surface area (Å²) in [5.41, 5.74) is 5.37. The van der Waals surface area contributed by atoms with Gasteiger partial charge in [0.05, 0.1) is 0 Å². The lowest BCUT2D eigenvalue weighted by atomic mass is 9.97. The van der Waals surface area contributed by atoms with Crippen molar-refractivity contribution in [1.82, 2.24) is 0 Å². The molecule has 4 heteroatoms. The molecule has 0 amide bonds. The minimum Gasteiger partial charge on any atom is -0.222 e. The maximum Gasteiger partial charge on any atom is 0.231 e. The Morgan fingerprint density at radius 2 is 1.30 bits per heavy atom. The summed E-state index contributed by atoms with van der Waals surface area (Å²) in [6, 6.07) is 17.0. The number of hydrogen-bond donors (Lipinski definition) is 2. The standard InChI is InChI=1S/C14H14.2CHNO/c1-11-7-6-10-14(12(11)2)13-8-4-3-5-9-13;2*2-1-3/h3-10H,1-2H3;2*2H. The van der Waals surface area contributed by atoms with Crippen LogP contribution in [-0.2, 0) is 9.59 Å². The summed E-state index contributed by atoms with van der Waals surface area (Å²) in [7, 11) is 0. The molecule has 0 atom stereocenters. The van der Waals surface area contributed by atoms with Crippen LogP contribution in [0.25, 0.3) is 11.1 Å². The lowest BCUT2D eigenvalue weighted by Crippen LogP contribution is -1.85. The third-order valence-electron chi connectivity index (χ3n) is 2.69. The van der Waals surface area contributed by atoms with E-state index >= 15 is 0 Å². The predicted octanol–water partition coefficient (Wildman–Crippen LogP) is 3.77. The first-order valence-electron chi connectivity index (χ1n) is 5.81. The number of carbonyl (C=O) groups excluding carboxylic acids is 2. The van der Waals surface area contributed by atoms with E-state index in [2.05, 4.69) is 62.4 Å². The number of hydrogen-bond acceptors (Lipinski definition) is 4. The number of rotatable bonds is 1. The second-order valence-electron chi connectivity index (χ2n) is 3.82. The molecule has 0 saturated carbocycles. The molecule has 2 aromatic carbocycles. The first kappa shape index (κ1) is 17.2. The summed E-state index contributed by atoms with van der Waals surface area (Å²) in [4.78, 5) is 16.7. The van der Waals surface area contributed by atoms with Crippen LogP contribution in [0.2, 0.25) is 0 Å². The fourth-order valence-corrected chi connectivity index (χ4v) is 1.68. The SMILES string of the molecule is Cc1cccc(-c2ccccc2)c1C.N=C=O.N=C=O. The molecule has 0 fully saturated rings. The molecule has 0 aliphatic heterocycles. The maximum atomic E-state index is 8.35. The van der Waals surface area contributed by atoms with Crippen molar-refractivity contribution in [2.24, 2.45) is 0 Å². The van der Waals surface area contributed by atoms with Gasteiger partial charge in [-0.25, -0.2) is 20.4 Å². The van der Waals surface area contributed by atoms with Crippen LogP contribution in [0, 0.1) is 24.7 Å². The molecule has 2 aromatic rings. The zero-order chi connectivity index (χ0) is 15.4. The second kappa shape index (κ2) is 10.2. The molecule has 0 unspecified atom stereocenters. The topological polar surface area (TPSA) is 81.8 Å². The van der Waals surface area contributed by atoms with E-state index in [0.29, 0.717) is 0 Å². The Hall–Kier alpha value is -2.80. The minimum atomic E-state index is 0.750. The molecule has 0 aliphatic carbocycles. The van der Waals surface area contributed by atoms with Gasteiger partial charge in [0.2, 0.25) is 12.2 Å². The van der Waals surface area contributed by atoms with E-state index in [1.165, 1.54) is 22.3 Å². The second-order valence-corrected chi connectivity index (χ2v) is 3.82. The average molecular weight is 268 g/mol. The largest absolute Gasteiger partial charge is 0.231 e. The lowest BCUT2D eigenvalue weighted by molar-refractivity contribution is 0.562. The van der Waals surface area contributed by atoms with Crippen LogP contribution in [0.5, 0.6) is 0 Å². The van der Waals surface area contributed by atoms with E-state index in [4.69, 9.17) is 20.4 Å². The van der Waals surface area contributed by atoms with Crippen molar-refractivity contribution in [2.75, 3.05) is 0 Å². The Morgan fingerprint density at radius 1 is 0.800 bits per heavy atom. The highest BCUT2D eigenvalue weighted by Crippen LogP contribution is 2.24. The summed E-state index contributed by atoms with van der Waals surface area (Å²) in [6.07, 6.45) is 1.50. The van der Waals surface area contributed by atoms with Gasteiger partial charge in [0.25, 0.3) is 0 Å². The third-order valence-corrected chi connectivity index (χ3v) is 2.69. The molecular weight excluding hydrogens is 252 g/mol. The van der Waals surface area contributed by atoms with Crippen molar-refractivity contribution < 1.29 is 9.59 Å². The van der Waals surface area contributed by atoms with Crippen molar-refractivity contribution in [3.8, 4) is 11.1 Å². The van der Waals surface area contributed by atoms with Gasteiger partial charge in [0, 0.05) is 0 Å². The van der Waals surface area contributed by atoms with Crippen LogP contribution >= 0.6 is 0 Å². The van der Waals surface area contributed by atoms with Crippen molar-refractivity contribution >= 4 is 12.2 Å². The Balaban J connectivity index is 0.000000520. The normalized spacial score (nSPS) is 7.90. The van der Waals surface area contributed by atoms with E-state index in [9.17, 15) is 0 Å². The van der Waals surface area contributed by atoms with Gasteiger partial charge in [0.1, 0.15) is 0 Å². The Bertz CT molecular complexity index is 583. The first-order valence-corrected chi connectivity index (χ1v) is 5.81. The van der Waals surface area contributed by atoms with E-state index in [0.717, 1.165) is 12.2 Å². The van der Waals surface area contributed by atoms with E-state index in [1.807, 2.05) is 0 Å². The molecule has 0 radical (unpaired) electrons. The molecule has 2 rings (SSSR count). The predicted molar refractivity (Wildman–Crippen MR) is 78.2 cm³/mol. The average Bonchev–Trinajstić information content (AvgIpc) is 2.45. The van der Waals surface area contributed by atoms with Gasteiger partial charge in [-0.15, -0.1) is 0 Å². The fourth-order valence-electron chi connectivity index (χ4n) is 1.68. The number of aryl methyl sites for hydroxylation is 1. The molecular formula is C16H16N2O2. The van der Waals surface area contributed by atoms with Crippen molar-refractivity contribution in [2.45, 2.75) is 13.8 Å². The van der Waals surface area contributed by atoms with E-state index in [1.54, 1.807) is 0 Å². The number of benzene rings is 2.